The molecule has 0 aliphatic heterocycles. The number of nitrogens with one attached hydrogen (secondary N) is 1. The fourth-order valence-electron chi connectivity index (χ4n) is 2.81. The molecular formula is C21H17ClN2O4. The second kappa shape index (κ2) is 8.54. The third-order valence-corrected chi connectivity index (χ3v) is 4.51. The zero-order valence-electron chi connectivity index (χ0n) is 15.0. The van der Waals surface area contributed by atoms with Crippen LogP contribution in [0, 0.1) is 10.1 Å². The summed E-state index contributed by atoms with van der Waals surface area (Å²) in [6.45, 7) is 0. The molecule has 6 nitrogen and oxygen atoms in total. The van der Waals surface area contributed by atoms with Crippen molar-refractivity contribution in [3.63, 3.8) is 0 Å². The van der Waals surface area contributed by atoms with Gasteiger partial charge in [-0.15, -0.1) is 0 Å². The molecule has 0 aliphatic carbocycles. The SMILES string of the molecule is COc1ccc(NC(=O)c2cc([N+](=O)[O-])ccc2Cl)cc1Cc1ccccc1. The Morgan fingerprint density at radius 2 is 1.86 bits per heavy atom. The number of methoxy groups -OCH3 is 1. The number of non-ortho nitro benzene ring substituents is 1. The number of nitro benzene ring substituents is 1. The molecule has 0 aromatic heterocycles. The van der Waals surface area contributed by atoms with Gasteiger partial charge in [-0.2, -0.15) is 0 Å². The molecule has 0 bridgehead atoms. The first kappa shape index (κ1) is 19.4. The van der Waals surface area contributed by atoms with Gasteiger partial charge in [0, 0.05) is 29.8 Å². The number of ether oxygens (including phenoxy) is 1. The maximum absolute atomic E-state index is 12.6. The number of hydrogen-bond acceptors (Lipinski definition) is 4. The fourth-order valence-corrected chi connectivity index (χ4v) is 3.01. The maximum Gasteiger partial charge on any atom is 0.270 e. The standard InChI is InChI=1S/C21H17ClN2O4/c1-28-20-10-7-16(12-15(20)11-14-5-3-2-4-6-14)23-21(25)18-13-17(24(26)27)8-9-19(18)22/h2-10,12-13H,11H2,1H3,(H,23,25). The first-order valence-corrected chi connectivity index (χ1v) is 8.82. The van der Waals surface area contributed by atoms with E-state index in [-0.39, 0.29) is 16.3 Å². The zero-order valence-corrected chi connectivity index (χ0v) is 15.8. The Kier molecular flexibility index (Phi) is 5.91. The minimum atomic E-state index is -0.571. The molecule has 0 spiro atoms. The van der Waals surface area contributed by atoms with Gasteiger partial charge in [0.25, 0.3) is 11.6 Å². The highest BCUT2D eigenvalue weighted by Gasteiger charge is 2.16. The molecule has 7 heteroatoms. The number of benzene rings is 3. The number of hydrogen-bond donors (Lipinski definition) is 1. The topological polar surface area (TPSA) is 81.5 Å². The lowest BCUT2D eigenvalue weighted by molar-refractivity contribution is -0.384. The molecule has 142 valence electrons. The molecule has 0 radical (unpaired) electrons. The summed E-state index contributed by atoms with van der Waals surface area (Å²) in [6, 6.07) is 18.9. The predicted octanol–water partition coefficient (Wildman–Crippen LogP) is 5.10. The number of carbonyl (C=O) groups is 1. The molecular weight excluding hydrogens is 380 g/mol. The summed E-state index contributed by atoms with van der Waals surface area (Å²) in [5.74, 6) is 0.180. The Labute approximate surface area is 166 Å². The van der Waals surface area contributed by atoms with E-state index < -0.39 is 10.8 Å². The van der Waals surface area contributed by atoms with Crippen molar-refractivity contribution in [3.05, 3.63) is 98.6 Å². The van der Waals surface area contributed by atoms with E-state index in [1.54, 1.807) is 19.2 Å². The van der Waals surface area contributed by atoms with Crippen molar-refractivity contribution in [2.45, 2.75) is 6.42 Å². The van der Waals surface area contributed by atoms with E-state index in [0.29, 0.717) is 17.9 Å². The van der Waals surface area contributed by atoms with Crippen LogP contribution >= 0.6 is 11.6 Å². The lowest BCUT2D eigenvalue weighted by Crippen LogP contribution is -2.13. The van der Waals surface area contributed by atoms with Gasteiger partial charge in [0.1, 0.15) is 5.75 Å². The number of nitrogens with zero attached hydrogens (tertiary/aromatic N) is 1. The number of halogens is 1. The van der Waals surface area contributed by atoms with Gasteiger partial charge in [-0.3, -0.25) is 14.9 Å². The largest absolute Gasteiger partial charge is 0.496 e. The van der Waals surface area contributed by atoms with Gasteiger partial charge in [0.15, 0.2) is 0 Å². The van der Waals surface area contributed by atoms with Crippen molar-refractivity contribution in [1.29, 1.82) is 0 Å². The molecule has 1 amide bonds. The first-order valence-electron chi connectivity index (χ1n) is 8.44. The molecule has 0 heterocycles. The van der Waals surface area contributed by atoms with Crippen LogP contribution in [0.25, 0.3) is 0 Å². The summed E-state index contributed by atoms with van der Waals surface area (Å²) in [5, 5.41) is 13.8. The van der Waals surface area contributed by atoms with Gasteiger partial charge < -0.3 is 10.1 Å². The van der Waals surface area contributed by atoms with Crippen molar-refractivity contribution in [2.75, 3.05) is 12.4 Å². The van der Waals surface area contributed by atoms with Crippen LogP contribution in [0.3, 0.4) is 0 Å². The monoisotopic (exact) mass is 396 g/mol. The Bertz CT molecular complexity index is 1020. The van der Waals surface area contributed by atoms with Gasteiger partial charge in [-0.05, 0) is 29.8 Å². The van der Waals surface area contributed by atoms with Crippen LogP contribution in [0.4, 0.5) is 11.4 Å². The molecule has 3 rings (SSSR count). The molecule has 0 aliphatic rings. The van der Waals surface area contributed by atoms with Crippen LogP contribution in [0.15, 0.2) is 66.7 Å². The Balaban J connectivity index is 1.86. The molecule has 28 heavy (non-hydrogen) atoms. The number of rotatable bonds is 6. The van der Waals surface area contributed by atoms with Crippen molar-refractivity contribution in [1.82, 2.24) is 0 Å². The van der Waals surface area contributed by atoms with Crippen LogP contribution in [0.5, 0.6) is 5.75 Å². The quantitative estimate of drug-likeness (QED) is 0.464. The van der Waals surface area contributed by atoms with Gasteiger partial charge in [-0.25, -0.2) is 0 Å². The van der Waals surface area contributed by atoms with Crippen molar-refractivity contribution in [3.8, 4) is 5.75 Å². The lowest BCUT2D eigenvalue weighted by Gasteiger charge is -2.12. The molecule has 3 aromatic rings. The molecule has 1 N–H and O–H groups in total. The highest BCUT2D eigenvalue weighted by Crippen LogP contribution is 2.27. The van der Waals surface area contributed by atoms with E-state index in [1.807, 2.05) is 36.4 Å². The van der Waals surface area contributed by atoms with E-state index >= 15 is 0 Å². The summed E-state index contributed by atoms with van der Waals surface area (Å²) in [5.41, 5.74) is 2.38. The first-order chi connectivity index (χ1) is 13.5. The maximum atomic E-state index is 12.6. The highest BCUT2D eigenvalue weighted by atomic mass is 35.5. The number of carbonyl (C=O) groups excluding carboxylic acids is 1. The van der Waals surface area contributed by atoms with E-state index in [2.05, 4.69) is 5.32 Å². The summed E-state index contributed by atoms with van der Waals surface area (Å²) in [4.78, 5) is 23.0. The highest BCUT2D eigenvalue weighted by molar-refractivity contribution is 6.34. The summed E-state index contributed by atoms with van der Waals surface area (Å²) in [6.07, 6.45) is 0.630. The average Bonchev–Trinajstić information content (AvgIpc) is 2.69. The van der Waals surface area contributed by atoms with E-state index in [4.69, 9.17) is 16.3 Å². The van der Waals surface area contributed by atoms with Crippen LogP contribution in [0.2, 0.25) is 5.02 Å². The van der Waals surface area contributed by atoms with Crippen molar-refractivity contribution >= 4 is 28.9 Å². The van der Waals surface area contributed by atoms with Gasteiger partial charge in [0.05, 0.1) is 22.6 Å². The number of anilines is 1. The van der Waals surface area contributed by atoms with Gasteiger partial charge in [0.2, 0.25) is 0 Å². The van der Waals surface area contributed by atoms with Crippen molar-refractivity contribution < 1.29 is 14.5 Å². The second-order valence-electron chi connectivity index (χ2n) is 6.06. The zero-order chi connectivity index (χ0) is 20.1. The molecule has 0 atom stereocenters. The Hall–Kier alpha value is -3.38. The summed E-state index contributed by atoms with van der Waals surface area (Å²) in [7, 11) is 1.59. The molecule has 0 saturated carbocycles. The smallest absolute Gasteiger partial charge is 0.270 e. The molecule has 0 fully saturated rings. The lowest BCUT2D eigenvalue weighted by atomic mass is 10.0. The molecule has 0 saturated heterocycles. The fraction of sp³-hybridized carbons (Fsp3) is 0.0952. The van der Waals surface area contributed by atoms with E-state index in [1.165, 1.54) is 12.1 Å². The van der Waals surface area contributed by atoms with Crippen LogP contribution in [-0.2, 0) is 6.42 Å². The van der Waals surface area contributed by atoms with Crippen LogP contribution < -0.4 is 10.1 Å². The second-order valence-corrected chi connectivity index (χ2v) is 6.47. The summed E-state index contributed by atoms with van der Waals surface area (Å²) >= 11 is 6.04. The number of nitro groups is 1. The van der Waals surface area contributed by atoms with Gasteiger partial charge in [-0.1, -0.05) is 41.9 Å². The Morgan fingerprint density at radius 3 is 2.54 bits per heavy atom. The molecule has 3 aromatic carbocycles. The predicted molar refractivity (Wildman–Crippen MR) is 108 cm³/mol. The summed E-state index contributed by atoms with van der Waals surface area (Å²) < 4.78 is 5.41. The van der Waals surface area contributed by atoms with Crippen LogP contribution in [0.1, 0.15) is 21.5 Å². The third-order valence-electron chi connectivity index (χ3n) is 4.18. The van der Waals surface area contributed by atoms with Crippen molar-refractivity contribution in [2.24, 2.45) is 0 Å². The third kappa shape index (κ3) is 4.47. The van der Waals surface area contributed by atoms with E-state index in [9.17, 15) is 14.9 Å². The Morgan fingerprint density at radius 1 is 1.11 bits per heavy atom. The number of amides is 1. The molecule has 0 unspecified atom stereocenters. The average molecular weight is 397 g/mol. The van der Waals surface area contributed by atoms with Gasteiger partial charge >= 0.3 is 0 Å². The minimum Gasteiger partial charge on any atom is -0.496 e. The van der Waals surface area contributed by atoms with Crippen LogP contribution in [-0.4, -0.2) is 17.9 Å². The van der Waals surface area contributed by atoms with E-state index in [0.717, 1.165) is 17.2 Å². The normalized spacial score (nSPS) is 10.4. The minimum absolute atomic E-state index is 0.0382.